The van der Waals surface area contributed by atoms with Gasteiger partial charge in [0.05, 0.1) is 0 Å². The zero-order chi connectivity index (χ0) is 9.80. The van der Waals surface area contributed by atoms with Crippen LogP contribution in [0.2, 0.25) is 0 Å². The van der Waals surface area contributed by atoms with Crippen LogP contribution < -0.4 is 0 Å². The molecule has 0 spiro atoms. The lowest BCUT2D eigenvalue weighted by Crippen LogP contribution is -1.88. The van der Waals surface area contributed by atoms with E-state index in [9.17, 15) is 0 Å². The van der Waals surface area contributed by atoms with Crippen LogP contribution in [-0.4, -0.2) is 26.9 Å². The molecule has 0 saturated carbocycles. The Morgan fingerprint density at radius 1 is 1.36 bits per heavy atom. The van der Waals surface area contributed by atoms with Crippen LogP contribution in [0, 0.1) is 0 Å². The lowest BCUT2D eigenvalue weighted by Gasteiger charge is -1.87. The van der Waals surface area contributed by atoms with Gasteiger partial charge in [-0.2, -0.15) is 0 Å². The topological polar surface area (TPSA) is 58.9 Å². The first-order valence-electron chi connectivity index (χ1n) is 3.89. The van der Waals surface area contributed by atoms with Gasteiger partial charge in [0.15, 0.2) is 8.68 Å². The molecule has 0 radical (unpaired) electrons. The molecule has 0 saturated heterocycles. The Bertz CT molecular complexity index is 387. The van der Waals surface area contributed by atoms with E-state index in [1.54, 1.807) is 17.5 Å². The highest BCUT2D eigenvalue weighted by atomic mass is 32.2. The fraction of sp³-hybridized carbons (Fsp3) is 0.286. The largest absolute Gasteiger partial charge is 0.396 e. The van der Waals surface area contributed by atoms with Crippen molar-refractivity contribution in [1.82, 2.24) is 15.2 Å². The minimum absolute atomic E-state index is 0.122. The summed E-state index contributed by atoms with van der Waals surface area (Å²) in [6.07, 6.45) is 2.35. The van der Waals surface area contributed by atoms with Gasteiger partial charge >= 0.3 is 0 Å². The minimum atomic E-state index is 0.122. The summed E-state index contributed by atoms with van der Waals surface area (Å²) in [6.45, 7) is 0.122. The van der Waals surface area contributed by atoms with Crippen molar-refractivity contribution < 1.29 is 5.11 Å². The van der Waals surface area contributed by atoms with Crippen LogP contribution in [0.3, 0.4) is 0 Å². The van der Waals surface area contributed by atoms with Crippen molar-refractivity contribution in [3.05, 3.63) is 16.6 Å². The summed E-state index contributed by atoms with van der Waals surface area (Å²) >= 11 is 4.60. The molecule has 1 N–H and O–H groups in total. The van der Waals surface area contributed by atoms with Gasteiger partial charge in [0.1, 0.15) is 5.01 Å². The summed E-state index contributed by atoms with van der Waals surface area (Å²) in [5.41, 5.74) is 0. The van der Waals surface area contributed by atoms with Gasteiger partial charge in [-0.05, 0) is 11.8 Å². The first-order chi connectivity index (χ1) is 6.88. The van der Waals surface area contributed by atoms with E-state index >= 15 is 0 Å². The highest BCUT2D eigenvalue weighted by molar-refractivity contribution is 8.02. The van der Waals surface area contributed by atoms with Crippen molar-refractivity contribution in [2.24, 2.45) is 0 Å². The Morgan fingerprint density at radius 3 is 3.00 bits per heavy atom. The molecule has 0 aliphatic heterocycles. The minimum Gasteiger partial charge on any atom is -0.396 e. The molecule has 2 rings (SSSR count). The predicted octanol–water partition coefficient (Wildman–Crippen LogP) is 1.68. The molecule has 0 fully saturated rings. The quantitative estimate of drug-likeness (QED) is 0.888. The maximum atomic E-state index is 8.71. The van der Waals surface area contributed by atoms with Crippen molar-refractivity contribution in [1.29, 1.82) is 0 Å². The van der Waals surface area contributed by atoms with Crippen LogP contribution >= 0.6 is 34.4 Å². The molecule has 2 aromatic heterocycles. The van der Waals surface area contributed by atoms with Crippen LogP contribution in [0.5, 0.6) is 0 Å². The van der Waals surface area contributed by atoms with E-state index in [1.165, 1.54) is 23.1 Å². The zero-order valence-electron chi connectivity index (χ0n) is 7.08. The van der Waals surface area contributed by atoms with Gasteiger partial charge in [-0.3, -0.25) is 0 Å². The summed E-state index contributed by atoms with van der Waals surface area (Å²) in [6, 6.07) is 0. The average Bonchev–Trinajstić information content (AvgIpc) is 2.79. The van der Waals surface area contributed by atoms with E-state index in [2.05, 4.69) is 15.2 Å². The van der Waals surface area contributed by atoms with Crippen molar-refractivity contribution in [3.63, 3.8) is 0 Å². The summed E-state index contributed by atoms with van der Waals surface area (Å²) < 4.78 is 1.85. The van der Waals surface area contributed by atoms with Crippen molar-refractivity contribution in [2.45, 2.75) is 15.1 Å². The van der Waals surface area contributed by atoms with E-state index < -0.39 is 0 Å². The highest BCUT2D eigenvalue weighted by Gasteiger charge is 2.06. The predicted molar refractivity (Wildman–Crippen MR) is 56.9 cm³/mol. The molecular weight excluding hydrogens is 238 g/mol. The Morgan fingerprint density at radius 2 is 2.29 bits per heavy atom. The van der Waals surface area contributed by atoms with E-state index in [1.807, 2.05) is 5.38 Å². The molecule has 0 aliphatic carbocycles. The molecule has 2 heterocycles. The SMILES string of the molecule is OCCc1nnc(Sc2nccs2)s1. The van der Waals surface area contributed by atoms with Crippen LogP contribution in [0.25, 0.3) is 0 Å². The molecule has 2 aromatic rings. The van der Waals surface area contributed by atoms with E-state index in [4.69, 9.17) is 5.11 Å². The Kier molecular flexibility index (Phi) is 3.46. The molecule has 14 heavy (non-hydrogen) atoms. The fourth-order valence-electron chi connectivity index (χ4n) is 0.812. The molecule has 0 bridgehead atoms. The summed E-state index contributed by atoms with van der Waals surface area (Å²) in [5, 5.41) is 19.5. The molecular formula is C7H7N3OS3. The second kappa shape index (κ2) is 4.83. The molecule has 7 heteroatoms. The number of aromatic nitrogens is 3. The maximum Gasteiger partial charge on any atom is 0.181 e. The van der Waals surface area contributed by atoms with Crippen LogP contribution in [0.4, 0.5) is 0 Å². The molecule has 0 amide bonds. The zero-order valence-corrected chi connectivity index (χ0v) is 9.53. The Hall–Kier alpha value is -0.500. The third-order valence-corrected chi connectivity index (χ3v) is 4.28. The van der Waals surface area contributed by atoms with Gasteiger partial charge in [-0.25, -0.2) is 4.98 Å². The average molecular weight is 245 g/mol. The number of rotatable bonds is 4. The third-order valence-electron chi connectivity index (χ3n) is 1.36. The second-order valence-corrected chi connectivity index (χ2v) is 5.79. The Labute approximate surface area is 93.0 Å². The summed E-state index contributed by atoms with van der Waals surface area (Å²) in [4.78, 5) is 4.14. The first kappa shape index (κ1) is 10.0. The summed E-state index contributed by atoms with van der Waals surface area (Å²) in [5.74, 6) is 0. The number of aliphatic hydroxyl groups excluding tert-OH is 1. The van der Waals surface area contributed by atoms with Gasteiger partial charge in [0.25, 0.3) is 0 Å². The van der Waals surface area contributed by atoms with E-state index in [0.29, 0.717) is 6.42 Å². The normalized spacial score (nSPS) is 10.6. The Balaban J connectivity index is 2.03. The molecule has 0 unspecified atom stereocenters. The van der Waals surface area contributed by atoms with Crippen molar-refractivity contribution in [2.75, 3.05) is 6.61 Å². The van der Waals surface area contributed by atoms with Gasteiger partial charge in [0, 0.05) is 24.6 Å². The number of thiazole rings is 1. The van der Waals surface area contributed by atoms with Crippen molar-refractivity contribution >= 4 is 34.4 Å². The number of nitrogens with zero attached hydrogens (tertiary/aromatic N) is 3. The lowest BCUT2D eigenvalue weighted by atomic mass is 10.5. The van der Waals surface area contributed by atoms with Crippen LogP contribution in [0.15, 0.2) is 20.3 Å². The van der Waals surface area contributed by atoms with E-state index in [-0.39, 0.29) is 6.61 Å². The highest BCUT2D eigenvalue weighted by Crippen LogP contribution is 2.31. The van der Waals surface area contributed by atoms with E-state index in [0.717, 1.165) is 13.7 Å². The summed E-state index contributed by atoms with van der Waals surface area (Å²) in [7, 11) is 0. The number of hydrogen-bond acceptors (Lipinski definition) is 7. The van der Waals surface area contributed by atoms with Crippen LogP contribution in [0.1, 0.15) is 5.01 Å². The van der Waals surface area contributed by atoms with Gasteiger partial charge in [0.2, 0.25) is 0 Å². The first-order valence-corrected chi connectivity index (χ1v) is 6.40. The molecule has 0 aromatic carbocycles. The maximum absolute atomic E-state index is 8.71. The van der Waals surface area contributed by atoms with Crippen molar-refractivity contribution in [3.8, 4) is 0 Å². The van der Waals surface area contributed by atoms with Gasteiger partial charge in [-0.1, -0.05) is 11.3 Å². The molecule has 74 valence electrons. The van der Waals surface area contributed by atoms with Crippen LogP contribution in [-0.2, 0) is 6.42 Å². The second-order valence-electron chi connectivity index (χ2n) is 2.34. The lowest BCUT2D eigenvalue weighted by molar-refractivity contribution is 0.299. The fourth-order valence-corrected chi connectivity index (χ4v) is 3.52. The smallest absolute Gasteiger partial charge is 0.181 e. The van der Waals surface area contributed by atoms with Gasteiger partial charge in [-0.15, -0.1) is 21.5 Å². The standard InChI is InChI=1S/C7H7N3OS3/c11-3-1-5-9-10-7(13-5)14-6-8-2-4-12-6/h2,4,11H,1,3H2. The number of aliphatic hydroxyl groups is 1. The number of hydrogen-bond donors (Lipinski definition) is 1. The molecule has 0 atom stereocenters. The van der Waals surface area contributed by atoms with Gasteiger partial charge < -0.3 is 5.11 Å². The monoisotopic (exact) mass is 245 g/mol. The molecule has 0 aliphatic rings. The molecule has 4 nitrogen and oxygen atoms in total. The third kappa shape index (κ3) is 2.50.